The molecule has 0 aliphatic rings. The van der Waals surface area contributed by atoms with E-state index in [9.17, 15) is 13.2 Å². The van der Waals surface area contributed by atoms with Crippen LogP contribution in [0.3, 0.4) is 0 Å². The predicted molar refractivity (Wildman–Crippen MR) is 112 cm³/mol. The summed E-state index contributed by atoms with van der Waals surface area (Å²) >= 11 is 0. The van der Waals surface area contributed by atoms with Crippen LogP contribution in [-0.4, -0.2) is 4.98 Å². The molecule has 142 valence electrons. The lowest BCUT2D eigenvalue weighted by atomic mass is 9.94. The van der Waals surface area contributed by atoms with Gasteiger partial charge in [-0.3, -0.25) is 4.98 Å². The maximum absolute atomic E-state index is 13.8. The SMILES string of the molecule is Cc1ccc2ccc3c(-c4cc(C(F)(F)F)c5ccccc5c4)nccc3c2c1. The Bertz CT molecular complexity index is 1400. The third-order valence-corrected chi connectivity index (χ3v) is 5.36. The van der Waals surface area contributed by atoms with Crippen molar-refractivity contribution in [2.24, 2.45) is 0 Å². The van der Waals surface area contributed by atoms with Gasteiger partial charge in [-0.2, -0.15) is 13.2 Å². The van der Waals surface area contributed by atoms with Crippen molar-refractivity contribution in [3.8, 4) is 11.3 Å². The molecular formula is C25H16F3N. The maximum atomic E-state index is 13.8. The molecule has 0 atom stereocenters. The van der Waals surface area contributed by atoms with Gasteiger partial charge in [0.1, 0.15) is 0 Å². The Hall–Kier alpha value is -3.40. The zero-order chi connectivity index (χ0) is 20.2. The van der Waals surface area contributed by atoms with Gasteiger partial charge in [0, 0.05) is 17.1 Å². The molecule has 0 saturated heterocycles. The summed E-state index contributed by atoms with van der Waals surface area (Å²) in [6.07, 6.45) is -2.77. The van der Waals surface area contributed by atoms with Gasteiger partial charge in [-0.1, -0.05) is 60.2 Å². The van der Waals surface area contributed by atoms with E-state index in [2.05, 4.69) is 23.2 Å². The highest BCUT2D eigenvalue weighted by atomic mass is 19.4. The molecule has 0 saturated carbocycles. The van der Waals surface area contributed by atoms with Crippen molar-refractivity contribution in [1.29, 1.82) is 0 Å². The van der Waals surface area contributed by atoms with Gasteiger partial charge < -0.3 is 0 Å². The summed E-state index contributed by atoms with van der Waals surface area (Å²) in [5.74, 6) is 0. The van der Waals surface area contributed by atoms with Crippen molar-refractivity contribution in [1.82, 2.24) is 4.98 Å². The standard InChI is InChI=1S/C25H16F3N/c1-15-6-7-16-8-9-21-20(22(16)12-15)10-11-29-24(21)18-13-17-4-2-3-5-19(17)23(14-18)25(26,27)28/h2-14H,1H3. The van der Waals surface area contributed by atoms with Crippen molar-refractivity contribution in [2.45, 2.75) is 13.1 Å². The number of pyridine rings is 1. The second-order valence-corrected chi connectivity index (χ2v) is 7.29. The highest BCUT2D eigenvalue weighted by Crippen LogP contribution is 2.39. The molecule has 4 aromatic carbocycles. The lowest BCUT2D eigenvalue weighted by Gasteiger charge is -2.14. The highest BCUT2D eigenvalue weighted by Gasteiger charge is 2.33. The highest BCUT2D eigenvalue weighted by molar-refractivity contribution is 6.11. The van der Waals surface area contributed by atoms with Crippen LogP contribution in [0, 0.1) is 6.92 Å². The Labute approximate surface area is 165 Å². The van der Waals surface area contributed by atoms with Gasteiger partial charge >= 0.3 is 6.18 Å². The molecule has 0 amide bonds. The average Bonchev–Trinajstić information content (AvgIpc) is 2.71. The summed E-state index contributed by atoms with van der Waals surface area (Å²) in [7, 11) is 0. The first-order chi connectivity index (χ1) is 13.9. The van der Waals surface area contributed by atoms with Crippen LogP contribution in [0.1, 0.15) is 11.1 Å². The van der Waals surface area contributed by atoms with E-state index in [1.807, 2.05) is 25.1 Å². The Morgan fingerprint density at radius 3 is 2.31 bits per heavy atom. The summed E-state index contributed by atoms with van der Waals surface area (Å²) in [6, 6.07) is 21.7. The van der Waals surface area contributed by atoms with E-state index in [0.29, 0.717) is 16.6 Å². The number of aryl methyl sites for hydroxylation is 1. The summed E-state index contributed by atoms with van der Waals surface area (Å²) < 4.78 is 41.3. The minimum Gasteiger partial charge on any atom is -0.256 e. The second-order valence-electron chi connectivity index (χ2n) is 7.29. The summed E-state index contributed by atoms with van der Waals surface area (Å²) in [5, 5.41) is 4.74. The number of hydrogen-bond donors (Lipinski definition) is 0. The monoisotopic (exact) mass is 387 g/mol. The van der Waals surface area contributed by atoms with Crippen LogP contribution < -0.4 is 0 Å². The molecule has 5 aromatic rings. The molecule has 1 aromatic heterocycles. The smallest absolute Gasteiger partial charge is 0.256 e. The molecule has 5 rings (SSSR count). The molecule has 4 heteroatoms. The van der Waals surface area contributed by atoms with Crippen LogP contribution in [0.2, 0.25) is 0 Å². The van der Waals surface area contributed by atoms with E-state index in [4.69, 9.17) is 0 Å². The number of nitrogens with zero attached hydrogens (tertiary/aromatic N) is 1. The Kier molecular flexibility index (Phi) is 3.85. The summed E-state index contributed by atoms with van der Waals surface area (Å²) in [6.45, 7) is 2.03. The van der Waals surface area contributed by atoms with Crippen LogP contribution in [0.5, 0.6) is 0 Å². The van der Waals surface area contributed by atoms with Crippen molar-refractivity contribution in [3.63, 3.8) is 0 Å². The van der Waals surface area contributed by atoms with Crippen molar-refractivity contribution in [2.75, 3.05) is 0 Å². The fourth-order valence-corrected chi connectivity index (χ4v) is 4.01. The number of hydrogen-bond acceptors (Lipinski definition) is 1. The lowest BCUT2D eigenvalue weighted by Crippen LogP contribution is -2.06. The third-order valence-electron chi connectivity index (χ3n) is 5.36. The van der Waals surface area contributed by atoms with Crippen LogP contribution in [0.4, 0.5) is 13.2 Å². The molecule has 0 unspecified atom stereocenters. The van der Waals surface area contributed by atoms with Crippen LogP contribution in [0.25, 0.3) is 43.6 Å². The molecular weight excluding hydrogens is 371 g/mol. The topological polar surface area (TPSA) is 12.9 Å². The quantitative estimate of drug-likeness (QED) is 0.271. The Morgan fingerprint density at radius 1 is 0.690 bits per heavy atom. The number of halogens is 3. The van der Waals surface area contributed by atoms with Crippen LogP contribution in [-0.2, 0) is 6.18 Å². The molecule has 1 heterocycles. The molecule has 0 fully saturated rings. The first-order valence-corrected chi connectivity index (χ1v) is 9.30. The minimum atomic E-state index is -4.44. The van der Waals surface area contributed by atoms with Gasteiger partial charge in [0.25, 0.3) is 0 Å². The average molecular weight is 387 g/mol. The van der Waals surface area contributed by atoms with Crippen LogP contribution >= 0.6 is 0 Å². The number of rotatable bonds is 1. The van der Waals surface area contributed by atoms with E-state index >= 15 is 0 Å². The van der Waals surface area contributed by atoms with E-state index in [0.717, 1.165) is 27.1 Å². The molecule has 0 spiro atoms. The maximum Gasteiger partial charge on any atom is 0.417 e. The zero-order valence-corrected chi connectivity index (χ0v) is 15.6. The van der Waals surface area contributed by atoms with Gasteiger partial charge in [0.05, 0.1) is 11.3 Å². The lowest BCUT2D eigenvalue weighted by molar-refractivity contribution is -0.136. The molecule has 0 radical (unpaired) electrons. The molecule has 0 bridgehead atoms. The normalized spacial score (nSPS) is 12.1. The Balaban J connectivity index is 1.85. The molecule has 1 nitrogen and oxygen atoms in total. The summed E-state index contributed by atoms with van der Waals surface area (Å²) in [4.78, 5) is 4.47. The summed E-state index contributed by atoms with van der Waals surface area (Å²) in [5.41, 5.74) is 1.52. The molecule has 0 N–H and O–H groups in total. The van der Waals surface area contributed by atoms with Gasteiger partial charge in [0.15, 0.2) is 0 Å². The van der Waals surface area contributed by atoms with Crippen molar-refractivity contribution in [3.05, 3.63) is 90.1 Å². The van der Waals surface area contributed by atoms with Crippen molar-refractivity contribution >= 4 is 32.3 Å². The first kappa shape index (κ1) is 17.7. The van der Waals surface area contributed by atoms with Crippen molar-refractivity contribution < 1.29 is 13.2 Å². The van der Waals surface area contributed by atoms with E-state index in [-0.39, 0.29) is 5.39 Å². The fourth-order valence-electron chi connectivity index (χ4n) is 4.01. The van der Waals surface area contributed by atoms with Gasteiger partial charge in [0.2, 0.25) is 0 Å². The number of alkyl halides is 3. The van der Waals surface area contributed by atoms with Gasteiger partial charge in [-0.25, -0.2) is 0 Å². The first-order valence-electron chi connectivity index (χ1n) is 9.30. The number of benzene rings is 4. The largest absolute Gasteiger partial charge is 0.417 e. The fraction of sp³-hybridized carbons (Fsp3) is 0.0800. The van der Waals surface area contributed by atoms with Gasteiger partial charge in [-0.05, 0) is 52.1 Å². The Morgan fingerprint density at radius 2 is 1.48 bits per heavy atom. The molecule has 29 heavy (non-hydrogen) atoms. The van der Waals surface area contributed by atoms with Crippen LogP contribution in [0.15, 0.2) is 79.0 Å². The zero-order valence-electron chi connectivity index (χ0n) is 15.6. The second kappa shape index (κ2) is 6.31. The minimum absolute atomic E-state index is 0.199. The number of fused-ring (bicyclic) bond motifs is 4. The van der Waals surface area contributed by atoms with Gasteiger partial charge in [-0.15, -0.1) is 0 Å². The van der Waals surface area contributed by atoms with E-state index < -0.39 is 11.7 Å². The third kappa shape index (κ3) is 2.92. The molecule has 0 aliphatic carbocycles. The molecule has 0 aliphatic heterocycles. The number of aromatic nitrogens is 1. The van der Waals surface area contributed by atoms with E-state index in [1.165, 1.54) is 12.1 Å². The predicted octanol–water partition coefficient (Wildman–Crippen LogP) is 7.54. The van der Waals surface area contributed by atoms with E-state index in [1.54, 1.807) is 30.5 Å².